The standard InChI is InChI=1S/C11H10N2O4S/c1-18(16,17)9-4-2-8(3-5-9)13-6-10(11(14)15)12-7-13/h2-7H,1H3,(H,14,15). The van der Waals surface area contributed by atoms with Crippen LogP contribution in [-0.4, -0.2) is 35.3 Å². The van der Waals surface area contributed by atoms with Gasteiger partial charge in [0.15, 0.2) is 15.5 Å². The van der Waals surface area contributed by atoms with E-state index < -0.39 is 15.8 Å². The number of imidazole rings is 1. The molecule has 94 valence electrons. The van der Waals surface area contributed by atoms with Crippen LogP contribution in [0.3, 0.4) is 0 Å². The predicted molar refractivity (Wildman–Crippen MR) is 63.6 cm³/mol. The summed E-state index contributed by atoms with van der Waals surface area (Å²) in [6.07, 6.45) is 3.85. The number of hydrogen-bond acceptors (Lipinski definition) is 4. The molecule has 0 fully saturated rings. The molecule has 0 bridgehead atoms. The van der Waals surface area contributed by atoms with E-state index >= 15 is 0 Å². The van der Waals surface area contributed by atoms with Crippen molar-refractivity contribution in [2.75, 3.05) is 6.26 Å². The Morgan fingerprint density at radius 3 is 2.33 bits per heavy atom. The SMILES string of the molecule is CS(=O)(=O)c1ccc(-n2cnc(C(=O)O)c2)cc1. The fourth-order valence-electron chi connectivity index (χ4n) is 1.44. The van der Waals surface area contributed by atoms with Gasteiger partial charge >= 0.3 is 5.97 Å². The van der Waals surface area contributed by atoms with Crippen molar-refractivity contribution < 1.29 is 18.3 Å². The van der Waals surface area contributed by atoms with Gasteiger partial charge in [-0.2, -0.15) is 0 Å². The van der Waals surface area contributed by atoms with Gasteiger partial charge in [-0.25, -0.2) is 18.2 Å². The lowest BCUT2D eigenvalue weighted by atomic mass is 10.3. The molecule has 0 atom stereocenters. The molecule has 2 rings (SSSR count). The first-order valence-corrected chi connectivity index (χ1v) is 6.85. The van der Waals surface area contributed by atoms with Crippen molar-refractivity contribution in [3.8, 4) is 5.69 Å². The monoisotopic (exact) mass is 266 g/mol. The van der Waals surface area contributed by atoms with Gasteiger partial charge in [0.2, 0.25) is 0 Å². The summed E-state index contributed by atoms with van der Waals surface area (Å²) in [7, 11) is -3.23. The summed E-state index contributed by atoms with van der Waals surface area (Å²) in [6.45, 7) is 0. The van der Waals surface area contributed by atoms with Crippen molar-refractivity contribution in [2.45, 2.75) is 4.90 Å². The minimum atomic E-state index is -3.23. The van der Waals surface area contributed by atoms with Crippen molar-refractivity contribution >= 4 is 15.8 Å². The molecular formula is C11H10N2O4S. The van der Waals surface area contributed by atoms with Crippen LogP contribution < -0.4 is 0 Å². The largest absolute Gasteiger partial charge is 0.476 e. The third-order valence-corrected chi connectivity index (χ3v) is 3.49. The highest BCUT2D eigenvalue weighted by Crippen LogP contribution is 2.14. The Kier molecular flexibility index (Phi) is 2.92. The molecule has 1 aromatic carbocycles. The van der Waals surface area contributed by atoms with Crippen LogP contribution in [0.1, 0.15) is 10.5 Å². The zero-order chi connectivity index (χ0) is 13.3. The molecule has 0 unspecified atom stereocenters. The number of carboxylic acids is 1. The molecule has 1 aromatic heterocycles. The average molecular weight is 266 g/mol. The molecule has 6 nitrogen and oxygen atoms in total. The molecule has 0 aliphatic heterocycles. The van der Waals surface area contributed by atoms with E-state index in [0.29, 0.717) is 5.69 Å². The van der Waals surface area contributed by atoms with Gasteiger partial charge in [-0.15, -0.1) is 0 Å². The predicted octanol–water partition coefficient (Wildman–Crippen LogP) is 0.974. The first kappa shape index (κ1) is 12.3. The van der Waals surface area contributed by atoms with Crippen LogP contribution in [-0.2, 0) is 9.84 Å². The molecule has 0 aliphatic rings. The number of aromatic nitrogens is 2. The minimum Gasteiger partial charge on any atom is -0.476 e. The topological polar surface area (TPSA) is 89.3 Å². The highest BCUT2D eigenvalue weighted by molar-refractivity contribution is 7.90. The Labute approximate surface area is 103 Å². The lowest BCUT2D eigenvalue weighted by molar-refractivity contribution is 0.0691. The van der Waals surface area contributed by atoms with E-state index in [1.54, 1.807) is 12.1 Å². The molecule has 0 saturated carbocycles. The maximum atomic E-state index is 11.3. The van der Waals surface area contributed by atoms with Crippen LogP contribution in [0, 0.1) is 0 Å². The van der Waals surface area contributed by atoms with Gasteiger partial charge in [0.1, 0.15) is 6.33 Å². The second-order valence-electron chi connectivity index (χ2n) is 3.74. The molecule has 0 spiro atoms. The van der Waals surface area contributed by atoms with E-state index in [0.717, 1.165) is 6.26 Å². The van der Waals surface area contributed by atoms with Gasteiger partial charge in [-0.05, 0) is 24.3 Å². The van der Waals surface area contributed by atoms with Gasteiger partial charge in [-0.1, -0.05) is 0 Å². The van der Waals surface area contributed by atoms with E-state index in [1.165, 1.54) is 29.2 Å². The number of nitrogens with zero attached hydrogens (tertiary/aromatic N) is 2. The maximum Gasteiger partial charge on any atom is 0.356 e. The van der Waals surface area contributed by atoms with Gasteiger partial charge in [0, 0.05) is 18.1 Å². The Balaban J connectivity index is 2.37. The summed E-state index contributed by atoms with van der Waals surface area (Å²) >= 11 is 0. The van der Waals surface area contributed by atoms with Crippen LogP contribution in [0.5, 0.6) is 0 Å². The zero-order valence-corrected chi connectivity index (χ0v) is 10.3. The Bertz CT molecular complexity index is 686. The Morgan fingerprint density at radius 2 is 1.89 bits per heavy atom. The summed E-state index contributed by atoms with van der Waals surface area (Å²) in [5.74, 6) is -1.11. The van der Waals surface area contributed by atoms with Crippen molar-refractivity contribution in [2.24, 2.45) is 0 Å². The van der Waals surface area contributed by atoms with Crippen molar-refractivity contribution in [1.82, 2.24) is 9.55 Å². The average Bonchev–Trinajstić information content (AvgIpc) is 2.77. The van der Waals surface area contributed by atoms with Crippen molar-refractivity contribution in [1.29, 1.82) is 0 Å². The summed E-state index contributed by atoms with van der Waals surface area (Å²) in [6, 6.07) is 6.10. The van der Waals surface area contributed by atoms with E-state index in [9.17, 15) is 13.2 Å². The number of carbonyl (C=O) groups is 1. The number of aromatic carboxylic acids is 1. The quantitative estimate of drug-likeness (QED) is 0.894. The van der Waals surface area contributed by atoms with Gasteiger partial charge in [0.05, 0.1) is 4.90 Å². The molecule has 1 N–H and O–H groups in total. The summed E-state index contributed by atoms with van der Waals surface area (Å²) in [4.78, 5) is 14.6. The third-order valence-electron chi connectivity index (χ3n) is 2.36. The molecule has 0 aliphatic carbocycles. The number of carboxylic acid groups (broad SMARTS) is 1. The first-order valence-electron chi connectivity index (χ1n) is 4.96. The van der Waals surface area contributed by atoms with E-state index in [4.69, 9.17) is 5.11 Å². The Hall–Kier alpha value is -2.15. The molecule has 18 heavy (non-hydrogen) atoms. The molecule has 0 radical (unpaired) electrons. The molecule has 2 aromatic rings. The Morgan fingerprint density at radius 1 is 1.28 bits per heavy atom. The summed E-state index contributed by atoms with van der Waals surface area (Å²) in [5.41, 5.74) is 0.574. The third kappa shape index (κ3) is 2.40. The lowest BCUT2D eigenvalue weighted by Crippen LogP contribution is -1.98. The minimum absolute atomic E-state index is 0.0674. The fourth-order valence-corrected chi connectivity index (χ4v) is 2.07. The molecule has 7 heteroatoms. The molecule has 0 amide bonds. The van der Waals surface area contributed by atoms with Crippen LogP contribution in [0.25, 0.3) is 5.69 Å². The lowest BCUT2D eigenvalue weighted by Gasteiger charge is -2.03. The van der Waals surface area contributed by atoms with Crippen LogP contribution in [0.2, 0.25) is 0 Å². The van der Waals surface area contributed by atoms with Crippen LogP contribution >= 0.6 is 0 Å². The molecule has 1 heterocycles. The number of rotatable bonds is 3. The number of benzene rings is 1. The maximum absolute atomic E-state index is 11.3. The number of sulfone groups is 1. The van der Waals surface area contributed by atoms with Crippen molar-refractivity contribution in [3.63, 3.8) is 0 Å². The van der Waals surface area contributed by atoms with Gasteiger partial charge in [-0.3, -0.25) is 0 Å². The fraction of sp³-hybridized carbons (Fsp3) is 0.0909. The van der Waals surface area contributed by atoms with E-state index in [2.05, 4.69) is 4.98 Å². The molecular weight excluding hydrogens is 256 g/mol. The smallest absolute Gasteiger partial charge is 0.356 e. The zero-order valence-electron chi connectivity index (χ0n) is 9.44. The highest BCUT2D eigenvalue weighted by Gasteiger charge is 2.09. The molecule has 0 saturated heterocycles. The normalized spacial score (nSPS) is 11.4. The van der Waals surface area contributed by atoms with Gasteiger partial charge in [0.25, 0.3) is 0 Å². The van der Waals surface area contributed by atoms with Crippen molar-refractivity contribution in [3.05, 3.63) is 42.5 Å². The second-order valence-corrected chi connectivity index (χ2v) is 5.75. The number of hydrogen-bond donors (Lipinski definition) is 1. The van der Waals surface area contributed by atoms with E-state index in [-0.39, 0.29) is 10.6 Å². The van der Waals surface area contributed by atoms with Gasteiger partial charge < -0.3 is 9.67 Å². The summed E-state index contributed by atoms with van der Waals surface area (Å²) in [5, 5.41) is 8.74. The second kappa shape index (κ2) is 4.26. The van der Waals surface area contributed by atoms with Crippen LogP contribution in [0.15, 0.2) is 41.7 Å². The summed E-state index contributed by atoms with van der Waals surface area (Å²) < 4.78 is 24.1. The van der Waals surface area contributed by atoms with E-state index in [1.807, 2.05) is 0 Å². The first-order chi connectivity index (χ1) is 8.38. The van der Waals surface area contributed by atoms with Crippen LogP contribution in [0.4, 0.5) is 0 Å². The highest BCUT2D eigenvalue weighted by atomic mass is 32.2.